The number of sulfonamides is 1. The third-order valence-corrected chi connectivity index (χ3v) is 5.28. The predicted octanol–water partition coefficient (Wildman–Crippen LogP) is 2.61. The van der Waals surface area contributed by atoms with E-state index in [4.69, 9.17) is 16.3 Å². The second-order valence-corrected chi connectivity index (χ2v) is 7.63. The molecule has 1 N–H and O–H groups in total. The molecule has 0 bridgehead atoms. The summed E-state index contributed by atoms with van der Waals surface area (Å²) in [5.74, 6) is 0.0232. The molecule has 0 aliphatic carbocycles. The molecule has 0 atom stereocenters. The first kappa shape index (κ1) is 18.3. The van der Waals surface area contributed by atoms with Crippen LogP contribution in [0.1, 0.15) is 0 Å². The highest BCUT2D eigenvalue weighted by atomic mass is 35.5. The third-order valence-electron chi connectivity index (χ3n) is 3.12. The lowest BCUT2D eigenvalue weighted by molar-refractivity contribution is -0.118. The van der Waals surface area contributed by atoms with E-state index in [9.17, 15) is 13.2 Å². The Labute approximate surface area is 146 Å². The van der Waals surface area contributed by atoms with Crippen molar-refractivity contribution in [2.24, 2.45) is 0 Å². The van der Waals surface area contributed by atoms with Gasteiger partial charge in [0.15, 0.2) is 6.61 Å². The van der Waals surface area contributed by atoms with Crippen LogP contribution in [0.4, 0.5) is 5.69 Å². The monoisotopic (exact) mass is 368 g/mol. The van der Waals surface area contributed by atoms with Gasteiger partial charge in [-0.15, -0.1) is 0 Å². The summed E-state index contributed by atoms with van der Waals surface area (Å²) >= 11 is 5.95. The van der Waals surface area contributed by atoms with E-state index in [-0.39, 0.29) is 17.4 Å². The van der Waals surface area contributed by atoms with E-state index in [1.54, 1.807) is 24.3 Å². The number of para-hydroxylation sites is 1. The van der Waals surface area contributed by atoms with Crippen LogP contribution in [0.15, 0.2) is 53.4 Å². The van der Waals surface area contributed by atoms with E-state index in [1.165, 1.54) is 38.4 Å². The van der Waals surface area contributed by atoms with Crippen molar-refractivity contribution >= 4 is 33.2 Å². The molecule has 6 nitrogen and oxygen atoms in total. The SMILES string of the molecule is CN(C)S(=O)(=O)c1ccc(OCC(=O)Nc2ccccc2Cl)cc1. The summed E-state index contributed by atoms with van der Waals surface area (Å²) in [4.78, 5) is 12.0. The second kappa shape index (κ2) is 7.65. The van der Waals surface area contributed by atoms with Crippen LogP contribution < -0.4 is 10.1 Å². The quantitative estimate of drug-likeness (QED) is 0.850. The van der Waals surface area contributed by atoms with Crippen molar-refractivity contribution in [3.05, 3.63) is 53.6 Å². The number of carbonyl (C=O) groups excluding carboxylic acids is 1. The summed E-state index contributed by atoms with van der Waals surface area (Å²) in [5, 5.41) is 3.07. The van der Waals surface area contributed by atoms with Crippen molar-refractivity contribution in [3.8, 4) is 5.75 Å². The van der Waals surface area contributed by atoms with Crippen molar-refractivity contribution in [1.82, 2.24) is 4.31 Å². The molecule has 0 fully saturated rings. The topological polar surface area (TPSA) is 75.7 Å². The maximum Gasteiger partial charge on any atom is 0.262 e. The number of nitrogens with one attached hydrogen (secondary N) is 1. The lowest BCUT2D eigenvalue weighted by Gasteiger charge is -2.12. The van der Waals surface area contributed by atoms with Gasteiger partial charge in [-0.05, 0) is 36.4 Å². The molecule has 24 heavy (non-hydrogen) atoms. The van der Waals surface area contributed by atoms with Gasteiger partial charge in [0.25, 0.3) is 5.91 Å². The van der Waals surface area contributed by atoms with Crippen LogP contribution in [0, 0.1) is 0 Å². The van der Waals surface area contributed by atoms with Gasteiger partial charge in [0, 0.05) is 14.1 Å². The Morgan fingerprint density at radius 1 is 1.12 bits per heavy atom. The standard InChI is InChI=1S/C16H17ClN2O4S/c1-19(2)24(21,22)13-9-7-12(8-10-13)23-11-16(20)18-15-6-4-3-5-14(15)17/h3-10H,11H2,1-2H3,(H,18,20). The number of amides is 1. The van der Waals surface area contributed by atoms with Crippen molar-refractivity contribution in [2.45, 2.75) is 4.90 Å². The number of anilines is 1. The highest BCUT2D eigenvalue weighted by Crippen LogP contribution is 2.21. The Morgan fingerprint density at radius 2 is 1.75 bits per heavy atom. The molecule has 1 amide bonds. The van der Waals surface area contributed by atoms with Crippen LogP contribution >= 0.6 is 11.6 Å². The highest BCUT2D eigenvalue weighted by Gasteiger charge is 2.16. The molecule has 8 heteroatoms. The molecule has 0 aromatic heterocycles. The van der Waals surface area contributed by atoms with E-state index in [1.807, 2.05) is 0 Å². The van der Waals surface area contributed by atoms with Crippen LogP contribution in [0.3, 0.4) is 0 Å². The van der Waals surface area contributed by atoms with Gasteiger partial charge >= 0.3 is 0 Å². The number of hydrogen-bond acceptors (Lipinski definition) is 4. The zero-order chi connectivity index (χ0) is 17.7. The van der Waals surface area contributed by atoms with Crippen molar-refractivity contribution in [3.63, 3.8) is 0 Å². The maximum atomic E-state index is 12.0. The zero-order valence-electron chi connectivity index (χ0n) is 13.2. The average molecular weight is 369 g/mol. The van der Waals surface area contributed by atoms with Gasteiger partial charge in [0.1, 0.15) is 5.75 Å². The molecule has 2 aromatic rings. The van der Waals surface area contributed by atoms with Crippen LogP contribution in [-0.2, 0) is 14.8 Å². The smallest absolute Gasteiger partial charge is 0.262 e. The number of nitrogens with zero attached hydrogens (tertiary/aromatic N) is 1. The first-order chi connectivity index (χ1) is 11.3. The van der Waals surface area contributed by atoms with Crippen LogP contribution in [0.2, 0.25) is 5.02 Å². The number of halogens is 1. The molecule has 2 rings (SSSR count). The van der Waals surface area contributed by atoms with Gasteiger partial charge in [-0.25, -0.2) is 12.7 Å². The van der Waals surface area contributed by atoms with Gasteiger partial charge in [-0.3, -0.25) is 4.79 Å². The Balaban J connectivity index is 1.95. The van der Waals surface area contributed by atoms with Crippen molar-refractivity contribution < 1.29 is 17.9 Å². The highest BCUT2D eigenvalue weighted by molar-refractivity contribution is 7.89. The number of ether oxygens (including phenoxy) is 1. The fourth-order valence-electron chi connectivity index (χ4n) is 1.82. The Hall–Kier alpha value is -2.09. The second-order valence-electron chi connectivity index (χ2n) is 5.08. The van der Waals surface area contributed by atoms with Crippen molar-refractivity contribution in [1.29, 1.82) is 0 Å². The fraction of sp³-hybridized carbons (Fsp3) is 0.188. The molecule has 128 valence electrons. The van der Waals surface area contributed by atoms with E-state index in [0.29, 0.717) is 16.5 Å². The molecule has 0 radical (unpaired) electrons. The van der Waals surface area contributed by atoms with Crippen LogP contribution in [0.25, 0.3) is 0 Å². The van der Waals surface area contributed by atoms with E-state index in [0.717, 1.165) is 4.31 Å². The summed E-state index contributed by atoms with van der Waals surface area (Å²) in [5.41, 5.74) is 0.500. The zero-order valence-corrected chi connectivity index (χ0v) is 14.8. The molecule has 0 aliphatic heterocycles. The number of carbonyl (C=O) groups is 1. The molecule has 0 saturated carbocycles. The minimum atomic E-state index is -3.49. The summed E-state index contributed by atoms with van der Waals surface area (Å²) < 4.78 is 30.4. The molecule has 0 spiro atoms. The van der Waals surface area contributed by atoms with Crippen LogP contribution in [-0.4, -0.2) is 39.3 Å². The Bertz CT molecular complexity index is 820. The van der Waals surface area contributed by atoms with E-state index >= 15 is 0 Å². The van der Waals surface area contributed by atoms with Gasteiger partial charge in [-0.1, -0.05) is 23.7 Å². The molecule has 0 heterocycles. The number of benzene rings is 2. The maximum absolute atomic E-state index is 12.0. The van der Waals surface area contributed by atoms with Crippen LogP contribution in [0.5, 0.6) is 5.75 Å². The van der Waals surface area contributed by atoms with Gasteiger partial charge in [-0.2, -0.15) is 0 Å². The van der Waals surface area contributed by atoms with E-state index < -0.39 is 10.0 Å². The predicted molar refractivity (Wildman–Crippen MR) is 92.9 cm³/mol. The first-order valence-corrected chi connectivity index (χ1v) is 8.82. The largest absolute Gasteiger partial charge is 0.484 e. The van der Waals surface area contributed by atoms with Gasteiger partial charge in [0.05, 0.1) is 15.6 Å². The lowest BCUT2D eigenvalue weighted by atomic mass is 10.3. The molecule has 0 aliphatic rings. The molecular formula is C16H17ClN2O4S. The normalized spacial score (nSPS) is 11.3. The Kier molecular flexibility index (Phi) is 5.82. The van der Waals surface area contributed by atoms with Crippen molar-refractivity contribution in [2.75, 3.05) is 26.0 Å². The molecule has 0 saturated heterocycles. The molecular weight excluding hydrogens is 352 g/mol. The summed E-state index contributed by atoms with van der Waals surface area (Å²) in [7, 11) is -0.572. The van der Waals surface area contributed by atoms with Gasteiger partial charge < -0.3 is 10.1 Å². The van der Waals surface area contributed by atoms with E-state index in [2.05, 4.69) is 5.32 Å². The minimum Gasteiger partial charge on any atom is -0.484 e. The summed E-state index contributed by atoms with van der Waals surface area (Å²) in [6.07, 6.45) is 0. The fourth-order valence-corrected chi connectivity index (χ4v) is 2.90. The summed E-state index contributed by atoms with van der Waals surface area (Å²) in [6.45, 7) is -0.217. The lowest BCUT2D eigenvalue weighted by Crippen LogP contribution is -2.22. The average Bonchev–Trinajstić information content (AvgIpc) is 2.55. The molecule has 2 aromatic carbocycles. The first-order valence-electron chi connectivity index (χ1n) is 7.00. The van der Waals surface area contributed by atoms with Gasteiger partial charge in [0.2, 0.25) is 10.0 Å². The number of hydrogen-bond donors (Lipinski definition) is 1. The Morgan fingerprint density at radius 3 is 2.33 bits per heavy atom. The minimum absolute atomic E-state index is 0.153. The third kappa shape index (κ3) is 4.47. The molecule has 0 unspecified atom stereocenters. The number of rotatable bonds is 6. The summed E-state index contributed by atoms with van der Waals surface area (Å²) in [6, 6.07) is 12.7.